The molecule has 1 aliphatic carbocycles. The first kappa shape index (κ1) is 46.2. The Hall–Kier alpha value is -2.81. The summed E-state index contributed by atoms with van der Waals surface area (Å²) in [5.74, 6) is -106. The van der Waals surface area contributed by atoms with E-state index >= 15 is 0 Å². The van der Waals surface area contributed by atoms with Crippen LogP contribution < -0.4 is 0 Å². The van der Waals surface area contributed by atoms with Crippen molar-refractivity contribution in [2.75, 3.05) is 0 Å². The van der Waals surface area contributed by atoms with Gasteiger partial charge in [0, 0.05) is 17.8 Å². The monoisotopic (exact) mass is 822 g/mol. The standard InChI is InChI=1S/C22H10F28O/c1-2-5(23)6(24)3-4-7(51)8-9(11(25,26)13(29,30)15(33,34)17(37,38)19(41,42)21(45,46)47)10(8)12(27,28)14(31,32)16(35,36)18(39,40)20(43,44)22(48,49)50/h2-6,8-10H,1H2/t5?,6?,9-,10-/m0/s1. The van der Waals surface area contributed by atoms with E-state index in [9.17, 15) is 128 Å². The number of hydrogen-bond acceptors (Lipinski definition) is 1. The third-order valence-electron chi connectivity index (χ3n) is 7.07. The number of halogens is 28. The van der Waals surface area contributed by atoms with Crippen molar-refractivity contribution in [3.05, 3.63) is 24.8 Å². The summed E-state index contributed by atoms with van der Waals surface area (Å²) >= 11 is 0. The minimum atomic E-state index is -8.97. The van der Waals surface area contributed by atoms with Crippen molar-refractivity contribution in [3.63, 3.8) is 0 Å². The predicted octanol–water partition coefficient (Wildman–Crippen LogP) is 10.3. The molecule has 0 aromatic carbocycles. The molecular formula is C22H10F28O. The average molecular weight is 822 g/mol. The summed E-state index contributed by atoms with van der Waals surface area (Å²) in [5, 5.41) is 0. The molecule has 0 spiro atoms. The van der Waals surface area contributed by atoms with Crippen molar-refractivity contribution in [2.24, 2.45) is 17.8 Å². The van der Waals surface area contributed by atoms with Crippen LogP contribution in [0.2, 0.25) is 0 Å². The highest BCUT2D eigenvalue weighted by Crippen LogP contribution is 2.73. The lowest BCUT2D eigenvalue weighted by Crippen LogP contribution is -2.71. The van der Waals surface area contributed by atoms with E-state index in [2.05, 4.69) is 6.58 Å². The van der Waals surface area contributed by atoms with Crippen molar-refractivity contribution in [1.82, 2.24) is 0 Å². The van der Waals surface area contributed by atoms with Crippen molar-refractivity contribution >= 4 is 5.78 Å². The van der Waals surface area contributed by atoms with Gasteiger partial charge < -0.3 is 0 Å². The molecular weight excluding hydrogens is 812 g/mol. The lowest BCUT2D eigenvalue weighted by molar-refractivity contribution is -0.445. The molecule has 300 valence electrons. The van der Waals surface area contributed by atoms with Gasteiger partial charge in [-0.25, -0.2) is 8.78 Å². The van der Waals surface area contributed by atoms with Crippen LogP contribution in [-0.2, 0) is 4.79 Å². The minimum absolute atomic E-state index is 0.0659. The second-order valence-corrected chi connectivity index (χ2v) is 10.3. The Morgan fingerprint density at radius 3 is 0.922 bits per heavy atom. The van der Waals surface area contributed by atoms with E-state index in [1.807, 2.05) is 0 Å². The van der Waals surface area contributed by atoms with Crippen LogP contribution in [0.4, 0.5) is 123 Å². The summed E-state index contributed by atoms with van der Waals surface area (Å²) in [6.07, 6.45) is -24.4. The molecule has 1 nitrogen and oxygen atoms in total. The van der Waals surface area contributed by atoms with Gasteiger partial charge in [-0.3, -0.25) is 4.79 Å². The Morgan fingerprint density at radius 1 is 0.431 bits per heavy atom. The van der Waals surface area contributed by atoms with E-state index in [1.165, 1.54) is 0 Å². The van der Waals surface area contributed by atoms with Gasteiger partial charge in [-0.05, 0) is 12.2 Å². The van der Waals surface area contributed by atoms with Gasteiger partial charge >= 0.3 is 71.6 Å². The van der Waals surface area contributed by atoms with Gasteiger partial charge in [-0.15, -0.1) is 6.58 Å². The molecule has 51 heavy (non-hydrogen) atoms. The fraction of sp³-hybridized carbons (Fsp3) is 0.773. The number of carbonyl (C=O) groups is 1. The van der Waals surface area contributed by atoms with Crippen LogP contribution in [0.5, 0.6) is 0 Å². The van der Waals surface area contributed by atoms with Crippen LogP contribution in [0.3, 0.4) is 0 Å². The third-order valence-corrected chi connectivity index (χ3v) is 7.07. The zero-order valence-corrected chi connectivity index (χ0v) is 22.8. The first-order valence-electron chi connectivity index (χ1n) is 12.0. The molecule has 0 aliphatic heterocycles. The molecule has 2 unspecified atom stereocenters. The molecule has 0 amide bonds. The molecule has 0 aromatic rings. The predicted molar refractivity (Wildman–Crippen MR) is 106 cm³/mol. The summed E-state index contributed by atoms with van der Waals surface area (Å²) < 4.78 is 379. The van der Waals surface area contributed by atoms with Crippen LogP contribution >= 0.6 is 0 Å². The molecule has 0 aromatic heterocycles. The van der Waals surface area contributed by atoms with Crippen molar-refractivity contribution in [3.8, 4) is 0 Å². The molecule has 0 N–H and O–H groups in total. The maximum Gasteiger partial charge on any atom is 0.460 e. The molecule has 1 aliphatic rings. The SMILES string of the molecule is C=CC(F)C(F)C=CC(=O)C1[C@H](C(F)(F)C(F)(F)C(F)(F)C(F)(F)C(F)(F)C(F)(F)F)[C@H]1C(F)(F)C(F)(F)C(F)(F)C(F)(F)C(F)(F)C(F)(F)F. The molecule has 1 saturated carbocycles. The molecule has 0 heterocycles. The third kappa shape index (κ3) is 6.25. The first-order chi connectivity index (χ1) is 21.9. The van der Waals surface area contributed by atoms with E-state index in [-0.39, 0.29) is 6.08 Å². The second kappa shape index (κ2) is 12.4. The summed E-state index contributed by atoms with van der Waals surface area (Å²) in [6.45, 7) is 2.54. The van der Waals surface area contributed by atoms with Crippen molar-refractivity contribution in [2.45, 2.75) is 83.9 Å². The van der Waals surface area contributed by atoms with E-state index in [1.54, 1.807) is 0 Å². The fourth-order valence-electron chi connectivity index (χ4n) is 4.08. The van der Waals surface area contributed by atoms with Gasteiger partial charge in [0.25, 0.3) is 0 Å². The topological polar surface area (TPSA) is 17.1 Å². The lowest BCUT2D eigenvalue weighted by atomic mass is 9.88. The second-order valence-electron chi connectivity index (χ2n) is 10.3. The van der Waals surface area contributed by atoms with E-state index in [0.717, 1.165) is 0 Å². The smallest absolute Gasteiger partial charge is 0.295 e. The van der Waals surface area contributed by atoms with Gasteiger partial charge in [0.2, 0.25) is 0 Å². The zero-order valence-electron chi connectivity index (χ0n) is 22.8. The highest BCUT2D eigenvalue weighted by Gasteiger charge is 2.97. The van der Waals surface area contributed by atoms with E-state index in [4.69, 9.17) is 0 Å². The summed E-state index contributed by atoms with van der Waals surface area (Å²) in [5.41, 5.74) is 0. The van der Waals surface area contributed by atoms with Crippen LogP contribution in [0, 0.1) is 17.8 Å². The maximum absolute atomic E-state index is 14.7. The first-order valence-corrected chi connectivity index (χ1v) is 12.0. The summed E-state index contributed by atoms with van der Waals surface area (Å²) in [7, 11) is 0. The summed E-state index contributed by atoms with van der Waals surface area (Å²) in [4.78, 5) is 12.1. The molecule has 1 fully saturated rings. The Morgan fingerprint density at radius 2 is 0.686 bits per heavy atom. The van der Waals surface area contributed by atoms with Crippen LogP contribution in [0.1, 0.15) is 0 Å². The highest BCUT2D eigenvalue weighted by atomic mass is 19.4. The number of ketones is 1. The van der Waals surface area contributed by atoms with Crippen molar-refractivity contribution < 1.29 is 128 Å². The molecule has 4 atom stereocenters. The normalized spacial score (nSPS) is 22.6. The number of rotatable bonds is 15. The fourth-order valence-corrected chi connectivity index (χ4v) is 4.08. The number of alkyl halides is 28. The Bertz CT molecular complexity index is 1250. The Labute approximate surface area is 261 Å². The van der Waals surface area contributed by atoms with Gasteiger partial charge in [-0.2, -0.15) is 114 Å². The number of allylic oxidation sites excluding steroid dienone is 3. The zero-order chi connectivity index (χ0) is 41.6. The maximum atomic E-state index is 14.7. The van der Waals surface area contributed by atoms with Crippen molar-refractivity contribution in [1.29, 1.82) is 0 Å². The quantitative estimate of drug-likeness (QED) is 0.0914. The Kier molecular flexibility index (Phi) is 11.2. The van der Waals surface area contributed by atoms with Gasteiger partial charge in [0.15, 0.2) is 18.1 Å². The average Bonchev–Trinajstić information content (AvgIpc) is 3.71. The van der Waals surface area contributed by atoms with Crippen LogP contribution in [0.25, 0.3) is 0 Å². The Balaban J connectivity index is 4.11. The van der Waals surface area contributed by atoms with Crippen LogP contribution in [-0.4, -0.2) is 89.7 Å². The molecule has 0 saturated heterocycles. The van der Waals surface area contributed by atoms with Gasteiger partial charge in [0.05, 0.1) is 0 Å². The molecule has 0 radical (unpaired) electrons. The number of hydrogen-bond donors (Lipinski definition) is 0. The summed E-state index contributed by atoms with van der Waals surface area (Å²) in [6, 6.07) is 0. The molecule has 1 rings (SSSR count). The highest BCUT2D eigenvalue weighted by molar-refractivity contribution is 5.94. The van der Waals surface area contributed by atoms with E-state index in [0.29, 0.717) is 0 Å². The van der Waals surface area contributed by atoms with Gasteiger partial charge in [0.1, 0.15) is 0 Å². The lowest BCUT2D eigenvalue weighted by Gasteiger charge is -2.41. The minimum Gasteiger partial charge on any atom is -0.295 e. The van der Waals surface area contributed by atoms with Crippen LogP contribution in [0.15, 0.2) is 24.8 Å². The molecule has 0 bridgehead atoms. The number of carbonyl (C=O) groups excluding carboxylic acids is 1. The van der Waals surface area contributed by atoms with Gasteiger partial charge in [-0.1, -0.05) is 6.08 Å². The largest absolute Gasteiger partial charge is 0.460 e. The van der Waals surface area contributed by atoms with E-state index < -0.39 is 120 Å². The molecule has 29 heteroatoms.